The third-order valence-corrected chi connectivity index (χ3v) is 4.91. The molecule has 0 N–H and O–H groups in total. The first-order valence-electron chi connectivity index (χ1n) is 7.97. The minimum atomic E-state index is -4.50. The molecule has 2 heterocycles. The van der Waals surface area contributed by atoms with Crippen LogP contribution >= 0.6 is 11.3 Å². The van der Waals surface area contributed by atoms with Crippen LogP contribution in [0, 0.1) is 0 Å². The van der Waals surface area contributed by atoms with Gasteiger partial charge in [0.2, 0.25) is 0 Å². The molecule has 0 unspecified atom stereocenters. The predicted octanol–water partition coefficient (Wildman–Crippen LogP) is 5.35. The predicted molar refractivity (Wildman–Crippen MR) is 94.3 cm³/mol. The molecule has 0 saturated heterocycles. The molecule has 0 radical (unpaired) electrons. The number of thiazole rings is 1. The normalized spacial score (nSPS) is 12.0. The summed E-state index contributed by atoms with van der Waals surface area (Å²) in [7, 11) is 0. The van der Waals surface area contributed by atoms with E-state index in [4.69, 9.17) is 9.15 Å². The van der Waals surface area contributed by atoms with Gasteiger partial charge in [-0.2, -0.15) is 13.2 Å². The van der Waals surface area contributed by atoms with Crippen LogP contribution in [-0.4, -0.2) is 11.0 Å². The van der Waals surface area contributed by atoms with Gasteiger partial charge in [0.25, 0.3) is 0 Å². The summed E-state index contributed by atoms with van der Waals surface area (Å²) in [5.41, 5.74) is 0.724. The van der Waals surface area contributed by atoms with E-state index in [9.17, 15) is 18.0 Å². The van der Waals surface area contributed by atoms with Crippen LogP contribution < -0.4 is 0 Å². The van der Waals surface area contributed by atoms with Crippen molar-refractivity contribution >= 4 is 39.0 Å². The van der Waals surface area contributed by atoms with Crippen molar-refractivity contribution < 1.29 is 27.1 Å². The van der Waals surface area contributed by atoms with Crippen molar-refractivity contribution in [3.8, 4) is 0 Å². The average Bonchev–Trinajstić information content (AvgIpc) is 3.26. The second-order valence-electron chi connectivity index (χ2n) is 5.89. The van der Waals surface area contributed by atoms with Crippen molar-refractivity contribution in [2.45, 2.75) is 19.2 Å². The third-order valence-electron chi connectivity index (χ3n) is 3.97. The minimum Gasteiger partial charge on any atom is -0.460 e. The molecule has 0 saturated carbocycles. The van der Waals surface area contributed by atoms with E-state index in [-0.39, 0.29) is 18.7 Å². The van der Waals surface area contributed by atoms with Gasteiger partial charge in [-0.25, -0.2) is 4.98 Å². The molecule has 0 amide bonds. The Morgan fingerprint density at radius 3 is 2.74 bits per heavy atom. The van der Waals surface area contributed by atoms with Gasteiger partial charge < -0.3 is 9.15 Å². The van der Waals surface area contributed by atoms with Crippen LogP contribution in [0.3, 0.4) is 0 Å². The maximum atomic E-state index is 12.5. The molecular formula is C19H12F3NO3S. The van der Waals surface area contributed by atoms with Crippen molar-refractivity contribution in [1.29, 1.82) is 0 Å². The fraction of sp³-hybridized carbons (Fsp3) is 0.158. The van der Waals surface area contributed by atoms with Crippen LogP contribution in [0.15, 0.2) is 52.3 Å². The number of aromatic nitrogens is 1. The largest absolute Gasteiger partial charge is 0.460 e. The molecule has 0 bridgehead atoms. The van der Waals surface area contributed by atoms with Crippen LogP contribution in [0.5, 0.6) is 0 Å². The van der Waals surface area contributed by atoms with Crippen LogP contribution in [0.4, 0.5) is 13.2 Å². The zero-order valence-corrected chi connectivity index (χ0v) is 14.6. The fourth-order valence-corrected chi connectivity index (χ4v) is 3.46. The van der Waals surface area contributed by atoms with E-state index in [1.54, 1.807) is 6.07 Å². The van der Waals surface area contributed by atoms with Crippen molar-refractivity contribution in [2.75, 3.05) is 0 Å². The highest BCUT2D eigenvalue weighted by Gasteiger charge is 2.34. The molecule has 27 heavy (non-hydrogen) atoms. The van der Waals surface area contributed by atoms with Crippen molar-refractivity contribution in [1.82, 2.24) is 4.98 Å². The van der Waals surface area contributed by atoms with E-state index >= 15 is 0 Å². The first kappa shape index (κ1) is 17.5. The zero-order valence-electron chi connectivity index (χ0n) is 13.7. The monoisotopic (exact) mass is 391 g/mol. The molecular weight excluding hydrogens is 379 g/mol. The van der Waals surface area contributed by atoms with E-state index in [1.807, 2.05) is 36.4 Å². The number of esters is 1. The van der Waals surface area contributed by atoms with Crippen LogP contribution in [0.1, 0.15) is 16.5 Å². The van der Waals surface area contributed by atoms with Crippen molar-refractivity contribution in [3.63, 3.8) is 0 Å². The van der Waals surface area contributed by atoms with Gasteiger partial charge >= 0.3 is 12.1 Å². The lowest BCUT2D eigenvalue weighted by atomic mass is 10.1. The molecule has 0 spiro atoms. The van der Waals surface area contributed by atoms with E-state index in [0.29, 0.717) is 22.7 Å². The summed E-state index contributed by atoms with van der Waals surface area (Å²) in [5, 5.41) is 3.23. The summed E-state index contributed by atoms with van der Waals surface area (Å²) in [5.74, 6) is -0.166. The SMILES string of the molecule is O=C(Cc1cc2c(ccc3ccccc32)o1)OCc1csc(C(F)(F)F)n1. The molecule has 0 atom stereocenters. The average molecular weight is 391 g/mol. The summed E-state index contributed by atoms with van der Waals surface area (Å²) in [6.07, 6.45) is -4.61. The summed E-state index contributed by atoms with van der Waals surface area (Å²) in [4.78, 5) is 15.4. The van der Waals surface area contributed by atoms with Gasteiger partial charge in [-0.05, 0) is 22.9 Å². The van der Waals surface area contributed by atoms with E-state index < -0.39 is 17.2 Å². The number of fused-ring (bicyclic) bond motifs is 3. The lowest BCUT2D eigenvalue weighted by Gasteiger charge is -2.02. The molecule has 2 aromatic carbocycles. The lowest BCUT2D eigenvalue weighted by Crippen LogP contribution is -2.08. The molecule has 4 aromatic rings. The summed E-state index contributed by atoms with van der Waals surface area (Å²) in [6.45, 7) is -0.311. The number of benzene rings is 2. The molecule has 2 aromatic heterocycles. The number of ether oxygens (including phenoxy) is 1. The summed E-state index contributed by atoms with van der Waals surface area (Å²) < 4.78 is 48.3. The van der Waals surface area contributed by atoms with Gasteiger partial charge in [-0.15, -0.1) is 11.3 Å². The molecule has 138 valence electrons. The first-order valence-corrected chi connectivity index (χ1v) is 8.85. The van der Waals surface area contributed by atoms with Crippen molar-refractivity contribution in [3.05, 3.63) is 64.3 Å². The Kier molecular flexibility index (Phi) is 4.35. The number of carbonyl (C=O) groups excluding carboxylic acids is 1. The Labute approximate surface area is 155 Å². The van der Waals surface area contributed by atoms with E-state index in [2.05, 4.69) is 4.98 Å². The second-order valence-corrected chi connectivity index (χ2v) is 6.75. The molecule has 8 heteroatoms. The van der Waals surface area contributed by atoms with E-state index in [1.165, 1.54) is 5.38 Å². The van der Waals surface area contributed by atoms with Gasteiger partial charge in [0.15, 0.2) is 5.01 Å². The standard InChI is InChI=1S/C19H12F3NO3S/c20-19(21,22)18-23-12(10-27-18)9-25-17(24)8-13-7-15-14-4-2-1-3-11(14)5-6-16(15)26-13/h1-7,10H,8-9H2. The maximum Gasteiger partial charge on any atom is 0.443 e. The summed E-state index contributed by atoms with van der Waals surface area (Å²) in [6, 6.07) is 13.4. The Morgan fingerprint density at radius 2 is 1.96 bits per heavy atom. The molecule has 0 aliphatic heterocycles. The highest BCUT2D eigenvalue weighted by molar-refractivity contribution is 7.09. The number of hydrogen-bond acceptors (Lipinski definition) is 5. The minimum absolute atomic E-state index is 0.0660. The second kappa shape index (κ2) is 6.70. The number of alkyl halides is 3. The van der Waals surface area contributed by atoms with Gasteiger partial charge in [0.05, 0.1) is 5.69 Å². The molecule has 0 aliphatic rings. The molecule has 4 nitrogen and oxygen atoms in total. The fourth-order valence-electron chi connectivity index (χ4n) is 2.78. The number of rotatable bonds is 4. The van der Waals surface area contributed by atoms with Crippen LogP contribution in [0.2, 0.25) is 0 Å². The Balaban J connectivity index is 1.45. The topological polar surface area (TPSA) is 52.3 Å². The highest BCUT2D eigenvalue weighted by atomic mass is 32.1. The zero-order chi connectivity index (χ0) is 19.0. The number of halogens is 3. The van der Waals surface area contributed by atoms with Crippen molar-refractivity contribution in [2.24, 2.45) is 0 Å². The quantitative estimate of drug-likeness (QED) is 0.440. The number of hydrogen-bond donors (Lipinski definition) is 0. The highest BCUT2D eigenvalue weighted by Crippen LogP contribution is 2.32. The lowest BCUT2D eigenvalue weighted by molar-refractivity contribution is -0.144. The van der Waals surface area contributed by atoms with Gasteiger partial charge in [-0.3, -0.25) is 4.79 Å². The smallest absolute Gasteiger partial charge is 0.443 e. The number of carbonyl (C=O) groups is 1. The molecule has 0 aliphatic carbocycles. The van der Waals surface area contributed by atoms with Gasteiger partial charge in [-0.1, -0.05) is 30.3 Å². The molecule has 0 fully saturated rings. The van der Waals surface area contributed by atoms with Crippen LogP contribution in [0.25, 0.3) is 21.7 Å². The van der Waals surface area contributed by atoms with Gasteiger partial charge in [0.1, 0.15) is 24.4 Å². The number of furan rings is 1. The Hall–Kier alpha value is -2.87. The maximum absolute atomic E-state index is 12.5. The summed E-state index contributed by atoms with van der Waals surface area (Å²) >= 11 is 0.470. The Morgan fingerprint density at radius 1 is 1.15 bits per heavy atom. The third kappa shape index (κ3) is 3.66. The number of nitrogens with zero attached hydrogens (tertiary/aromatic N) is 1. The molecule has 4 rings (SSSR count). The van der Waals surface area contributed by atoms with E-state index in [0.717, 1.165) is 16.2 Å². The van der Waals surface area contributed by atoms with Crippen LogP contribution in [-0.2, 0) is 28.7 Å². The Bertz CT molecular complexity index is 1130. The van der Waals surface area contributed by atoms with Gasteiger partial charge in [0, 0.05) is 10.8 Å². The first-order chi connectivity index (χ1) is 12.9.